The van der Waals surface area contributed by atoms with Crippen LogP contribution in [0.15, 0.2) is 40.9 Å². The summed E-state index contributed by atoms with van der Waals surface area (Å²) in [5.41, 5.74) is 1.42. The molecule has 0 aliphatic carbocycles. The van der Waals surface area contributed by atoms with Gasteiger partial charge in [0.1, 0.15) is 5.92 Å². The lowest BCUT2D eigenvalue weighted by atomic mass is 9.78. The Kier molecular flexibility index (Phi) is 9.02. The van der Waals surface area contributed by atoms with Crippen LogP contribution in [0.2, 0.25) is 20.1 Å². The highest BCUT2D eigenvalue weighted by molar-refractivity contribution is 8.02. The highest BCUT2D eigenvalue weighted by Gasteiger charge is 2.44. The molecular weight excluding hydrogens is 542 g/mol. The van der Waals surface area contributed by atoms with E-state index in [1.807, 2.05) is 0 Å². The van der Waals surface area contributed by atoms with Crippen molar-refractivity contribution in [2.24, 2.45) is 5.92 Å². The standard InChI is InChI=1S/C23H18Cl4N2O4S/c1-3-33-20-16(26)7-12(8-17(20)27)18-13(9-28)22(29-21(30)19(18)23(31)32-2)34-10-11-4-5-14(24)15(25)6-11/h4-8,18-19H,3,10H2,1-2H3,(H,29,30)/t18-,19+/m0/s1. The van der Waals surface area contributed by atoms with Crippen molar-refractivity contribution < 1.29 is 19.1 Å². The maximum absolute atomic E-state index is 13.0. The minimum absolute atomic E-state index is 0.177. The molecule has 0 fully saturated rings. The zero-order chi connectivity index (χ0) is 25.0. The number of methoxy groups -OCH3 is 1. The highest BCUT2D eigenvalue weighted by Crippen LogP contribution is 2.44. The summed E-state index contributed by atoms with van der Waals surface area (Å²) in [6.45, 7) is 2.13. The predicted molar refractivity (Wildman–Crippen MR) is 134 cm³/mol. The van der Waals surface area contributed by atoms with E-state index in [1.165, 1.54) is 31.0 Å². The maximum atomic E-state index is 13.0. The highest BCUT2D eigenvalue weighted by atomic mass is 35.5. The van der Waals surface area contributed by atoms with Crippen LogP contribution in [-0.4, -0.2) is 25.6 Å². The van der Waals surface area contributed by atoms with E-state index in [4.69, 9.17) is 55.9 Å². The first-order chi connectivity index (χ1) is 16.2. The summed E-state index contributed by atoms with van der Waals surface area (Å²) in [5, 5.41) is 14.2. The van der Waals surface area contributed by atoms with Crippen LogP contribution in [0.3, 0.4) is 0 Å². The Morgan fingerprint density at radius 2 is 1.79 bits per heavy atom. The van der Waals surface area contributed by atoms with Gasteiger partial charge in [0.05, 0.1) is 50.5 Å². The number of carbonyl (C=O) groups is 2. The average molecular weight is 560 g/mol. The Balaban J connectivity index is 2.08. The van der Waals surface area contributed by atoms with Crippen molar-refractivity contribution in [1.82, 2.24) is 5.32 Å². The van der Waals surface area contributed by atoms with E-state index < -0.39 is 23.7 Å². The third kappa shape index (κ3) is 5.59. The summed E-state index contributed by atoms with van der Waals surface area (Å²) in [5.74, 6) is -3.00. The Hall–Kier alpha value is -2.08. The molecule has 2 atom stereocenters. The van der Waals surface area contributed by atoms with E-state index in [1.54, 1.807) is 25.1 Å². The fourth-order valence-electron chi connectivity index (χ4n) is 3.51. The van der Waals surface area contributed by atoms with Crippen molar-refractivity contribution in [1.29, 1.82) is 5.26 Å². The molecule has 0 radical (unpaired) electrons. The maximum Gasteiger partial charge on any atom is 0.319 e. The summed E-state index contributed by atoms with van der Waals surface area (Å²) in [4.78, 5) is 25.6. The number of hydrogen-bond acceptors (Lipinski definition) is 6. The first-order valence-corrected chi connectivity index (χ1v) is 12.4. The Bertz CT molecular complexity index is 1190. The topological polar surface area (TPSA) is 88.4 Å². The van der Waals surface area contributed by atoms with Crippen LogP contribution >= 0.6 is 58.2 Å². The zero-order valence-corrected chi connectivity index (χ0v) is 21.8. The van der Waals surface area contributed by atoms with E-state index in [0.717, 1.165) is 5.56 Å². The number of ether oxygens (including phenoxy) is 2. The average Bonchev–Trinajstić information content (AvgIpc) is 2.81. The summed E-state index contributed by atoms with van der Waals surface area (Å²) in [6.07, 6.45) is 0. The van der Waals surface area contributed by atoms with E-state index in [0.29, 0.717) is 33.0 Å². The van der Waals surface area contributed by atoms with Crippen LogP contribution in [0.25, 0.3) is 0 Å². The van der Waals surface area contributed by atoms with Crippen LogP contribution in [-0.2, 0) is 20.1 Å². The largest absolute Gasteiger partial charge is 0.491 e. The molecular formula is C23H18Cl4N2O4S. The van der Waals surface area contributed by atoms with Gasteiger partial charge < -0.3 is 14.8 Å². The van der Waals surface area contributed by atoms with Gasteiger partial charge in [-0.15, -0.1) is 11.8 Å². The summed E-state index contributed by atoms with van der Waals surface area (Å²) < 4.78 is 10.3. The van der Waals surface area contributed by atoms with Crippen molar-refractivity contribution in [3.63, 3.8) is 0 Å². The van der Waals surface area contributed by atoms with E-state index in [9.17, 15) is 14.9 Å². The van der Waals surface area contributed by atoms with Gasteiger partial charge in [-0.25, -0.2) is 0 Å². The number of rotatable bonds is 7. The van der Waals surface area contributed by atoms with Gasteiger partial charge in [0.2, 0.25) is 5.91 Å². The number of nitrogens with one attached hydrogen (secondary N) is 1. The fraction of sp³-hybridized carbons (Fsp3) is 0.261. The molecule has 2 aromatic carbocycles. The molecule has 1 amide bonds. The predicted octanol–water partition coefficient (Wildman–Crippen LogP) is 6.37. The molecule has 0 bridgehead atoms. The van der Waals surface area contributed by atoms with Crippen molar-refractivity contribution in [2.75, 3.05) is 13.7 Å². The summed E-state index contributed by atoms with van der Waals surface area (Å²) >= 11 is 26.0. The molecule has 34 heavy (non-hydrogen) atoms. The number of thioether (sulfide) groups is 1. The number of nitriles is 1. The van der Waals surface area contributed by atoms with Crippen molar-refractivity contribution in [2.45, 2.75) is 18.6 Å². The fourth-order valence-corrected chi connectivity index (χ4v) is 5.43. The first kappa shape index (κ1) is 26.5. The molecule has 0 aromatic heterocycles. The van der Waals surface area contributed by atoms with Gasteiger partial charge in [-0.3, -0.25) is 9.59 Å². The number of esters is 1. The molecule has 1 aliphatic heterocycles. The minimum Gasteiger partial charge on any atom is -0.491 e. The number of hydrogen-bond donors (Lipinski definition) is 1. The van der Waals surface area contributed by atoms with Gasteiger partial charge in [0.15, 0.2) is 5.75 Å². The zero-order valence-electron chi connectivity index (χ0n) is 18.0. The molecule has 3 rings (SSSR count). The number of halogens is 4. The molecule has 178 valence electrons. The number of allylic oxidation sites excluding steroid dienone is 1. The Morgan fingerprint density at radius 3 is 2.35 bits per heavy atom. The summed E-state index contributed by atoms with van der Waals surface area (Å²) in [7, 11) is 1.18. The number of nitrogens with zero attached hydrogens (tertiary/aromatic N) is 1. The lowest BCUT2D eigenvalue weighted by Crippen LogP contribution is -2.44. The smallest absolute Gasteiger partial charge is 0.319 e. The number of benzene rings is 2. The van der Waals surface area contributed by atoms with Crippen molar-refractivity contribution in [3.8, 4) is 11.8 Å². The summed E-state index contributed by atoms with van der Waals surface area (Å²) in [6, 6.07) is 10.4. The van der Waals surface area contributed by atoms with Gasteiger partial charge in [-0.05, 0) is 42.3 Å². The third-order valence-electron chi connectivity index (χ3n) is 5.02. The lowest BCUT2D eigenvalue weighted by molar-refractivity contribution is -0.150. The van der Waals surface area contributed by atoms with Gasteiger partial charge in [-0.1, -0.05) is 52.5 Å². The van der Waals surface area contributed by atoms with Crippen molar-refractivity contribution in [3.05, 3.63) is 72.2 Å². The second kappa shape index (κ2) is 11.6. The van der Waals surface area contributed by atoms with E-state index in [-0.39, 0.29) is 21.4 Å². The van der Waals surface area contributed by atoms with E-state index >= 15 is 0 Å². The molecule has 0 unspecified atom stereocenters. The monoisotopic (exact) mass is 558 g/mol. The normalized spacial score (nSPS) is 17.7. The van der Waals surface area contributed by atoms with Crippen LogP contribution in [0.1, 0.15) is 24.0 Å². The Morgan fingerprint density at radius 1 is 1.12 bits per heavy atom. The second-order valence-electron chi connectivity index (χ2n) is 7.11. The molecule has 6 nitrogen and oxygen atoms in total. The molecule has 1 heterocycles. The van der Waals surface area contributed by atoms with Crippen LogP contribution in [0.5, 0.6) is 5.75 Å². The van der Waals surface area contributed by atoms with Crippen LogP contribution < -0.4 is 10.1 Å². The third-order valence-corrected chi connectivity index (χ3v) is 7.41. The second-order valence-corrected chi connectivity index (χ2v) is 9.72. The van der Waals surface area contributed by atoms with Gasteiger partial charge in [-0.2, -0.15) is 5.26 Å². The van der Waals surface area contributed by atoms with Crippen LogP contribution in [0.4, 0.5) is 0 Å². The quantitative estimate of drug-likeness (QED) is 0.313. The number of amides is 1. The number of carbonyl (C=O) groups excluding carboxylic acids is 2. The minimum atomic E-state index is -1.31. The van der Waals surface area contributed by atoms with Crippen LogP contribution in [0, 0.1) is 17.2 Å². The molecule has 0 saturated carbocycles. The van der Waals surface area contributed by atoms with Gasteiger partial charge >= 0.3 is 5.97 Å². The van der Waals surface area contributed by atoms with Gasteiger partial charge in [0, 0.05) is 11.7 Å². The molecule has 2 aromatic rings. The molecule has 0 spiro atoms. The lowest BCUT2D eigenvalue weighted by Gasteiger charge is -2.31. The molecule has 11 heteroatoms. The Labute approximate surface area is 221 Å². The van der Waals surface area contributed by atoms with Gasteiger partial charge in [0.25, 0.3) is 0 Å². The van der Waals surface area contributed by atoms with E-state index in [2.05, 4.69) is 11.4 Å². The van der Waals surface area contributed by atoms with Crippen molar-refractivity contribution >= 4 is 70.0 Å². The SMILES string of the molecule is CCOc1c(Cl)cc([C@H]2C(C#N)=C(SCc3ccc(Cl)c(Cl)c3)NC(=O)[C@@H]2C(=O)OC)cc1Cl. The first-order valence-electron chi connectivity index (χ1n) is 9.93. The molecule has 1 N–H and O–H groups in total. The molecule has 0 saturated heterocycles. The molecule has 1 aliphatic rings.